The van der Waals surface area contributed by atoms with Gasteiger partial charge in [0.25, 0.3) is 5.78 Å². The van der Waals surface area contributed by atoms with E-state index in [4.69, 9.17) is 0 Å². The smallest absolute Gasteiger partial charge is 0.254 e. The quantitative estimate of drug-likeness (QED) is 0.780. The first kappa shape index (κ1) is 11.3. The number of fused-ring (bicyclic) bond motifs is 2. The molecular formula is C14H14N6. The fraction of sp³-hybridized carbons (Fsp3) is 0.286. The highest BCUT2D eigenvalue weighted by atomic mass is 15.4. The monoisotopic (exact) mass is 266 g/mol. The Kier molecular flexibility index (Phi) is 2.58. The fourth-order valence-corrected chi connectivity index (χ4v) is 2.68. The average Bonchev–Trinajstić information content (AvgIpc) is 3.12. The van der Waals surface area contributed by atoms with Crippen molar-refractivity contribution < 1.29 is 0 Å². The molecule has 3 heterocycles. The molecule has 3 aromatic rings. The lowest BCUT2D eigenvalue weighted by Gasteiger charge is -2.12. The van der Waals surface area contributed by atoms with Crippen molar-refractivity contribution in [3.05, 3.63) is 47.7 Å². The summed E-state index contributed by atoms with van der Waals surface area (Å²) in [6, 6.07) is 5.92. The number of anilines is 1. The molecule has 0 unspecified atom stereocenters. The van der Waals surface area contributed by atoms with Crippen molar-refractivity contribution in [1.82, 2.24) is 24.6 Å². The van der Waals surface area contributed by atoms with Gasteiger partial charge in [-0.2, -0.15) is 14.6 Å². The molecule has 20 heavy (non-hydrogen) atoms. The Morgan fingerprint density at radius 1 is 1.20 bits per heavy atom. The van der Waals surface area contributed by atoms with E-state index in [9.17, 15) is 0 Å². The first-order valence-electron chi connectivity index (χ1n) is 6.77. The summed E-state index contributed by atoms with van der Waals surface area (Å²) in [5.74, 6) is 1.67. The molecule has 6 heteroatoms. The Labute approximate surface area is 115 Å². The van der Waals surface area contributed by atoms with Gasteiger partial charge < -0.3 is 5.32 Å². The Bertz CT molecular complexity index is 749. The molecule has 0 aliphatic heterocycles. The molecule has 6 nitrogen and oxygen atoms in total. The maximum Gasteiger partial charge on any atom is 0.254 e. The second kappa shape index (κ2) is 4.56. The molecule has 0 amide bonds. The SMILES string of the molecule is c1ccc(CNc2c3c(nc4ncnn24)CCC3)nc1. The molecule has 0 saturated carbocycles. The molecule has 0 atom stereocenters. The Balaban J connectivity index is 1.73. The van der Waals surface area contributed by atoms with E-state index in [-0.39, 0.29) is 0 Å². The number of aromatic nitrogens is 5. The Morgan fingerprint density at radius 2 is 2.20 bits per heavy atom. The third-order valence-electron chi connectivity index (χ3n) is 3.61. The van der Waals surface area contributed by atoms with Gasteiger partial charge in [-0.15, -0.1) is 0 Å². The summed E-state index contributed by atoms with van der Waals surface area (Å²) < 4.78 is 1.78. The van der Waals surface area contributed by atoms with Crippen molar-refractivity contribution in [3.8, 4) is 0 Å². The second-order valence-corrected chi connectivity index (χ2v) is 4.89. The lowest BCUT2D eigenvalue weighted by molar-refractivity contribution is 0.893. The minimum Gasteiger partial charge on any atom is -0.364 e. The number of nitrogens with zero attached hydrogens (tertiary/aromatic N) is 5. The van der Waals surface area contributed by atoms with Crippen LogP contribution in [-0.4, -0.2) is 24.6 Å². The predicted octanol–water partition coefficient (Wildman–Crippen LogP) is 1.62. The molecule has 4 rings (SSSR count). The zero-order chi connectivity index (χ0) is 13.4. The number of aryl methyl sites for hydroxylation is 1. The van der Waals surface area contributed by atoms with Crippen LogP contribution >= 0.6 is 0 Å². The summed E-state index contributed by atoms with van der Waals surface area (Å²) in [6.07, 6.45) is 6.57. The molecule has 100 valence electrons. The van der Waals surface area contributed by atoms with E-state index in [2.05, 4.69) is 25.4 Å². The molecule has 0 bridgehead atoms. The van der Waals surface area contributed by atoms with E-state index in [0.717, 1.165) is 36.5 Å². The van der Waals surface area contributed by atoms with Crippen LogP contribution in [0.25, 0.3) is 5.78 Å². The highest BCUT2D eigenvalue weighted by Gasteiger charge is 2.20. The van der Waals surface area contributed by atoms with E-state index < -0.39 is 0 Å². The van der Waals surface area contributed by atoms with Gasteiger partial charge in [0.2, 0.25) is 0 Å². The second-order valence-electron chi connectivity index (χ2n) is 4.89. The van der Waals surface area contributed by atoms with E-state index >= 15 is 0 Å². The first-order chi connectivity index (χ1) is 9.92. The lowest BCUT2D eigenvalue weighted by Crippen LogP contribution is -2.10. The van der Waals surface area contributed by atoms with Crippen LogP contribution in [-0.2, 0) is 19.4 Å². The summed E-state index contributed by atoms with van der Waals surface area (Å²) in [5.41, 5.74) is 3.41. The molecule has 1 N–H and O–H groups in total. The average molecular weight is 266 g/mol. The van der Waals surface area contributed by atoms with E-state index in [0.29, 0.717) is 12.3 Å². The number of hydrogen-bond acceptors (Lipinski definition) is 5. The summed E-state index contributed by atoms with van der Waals surface area (Å²) >= 11 is 0. The van der Waals surface area contributed by atoms with E-state index in [1.807, 2.05) is 18.2 Å². The van der Waals surface area contributed by atoms with Crippen molar-refractivity contribution in [1.29, 1.82) is 0 Å². The third-order valence-corrected chi connectivity index (χ3v) is 3.61. The van der Waals surface area contributed by atoms with Crippen LogP contribution in [0.1, 0.15) is 23.4 Å². The van der Waals surface area contributed by atoms with E-state index in [1.165, 1.54) is 5.56 Å². The van der Waals surface area contributed by atoms with Crippen LogP contribution in [0.5, 0.6) is 0 Å². The van der Waals surface area contributed by atoms with Crippen LogP contribution < -0.4 is 5.32 Å². The largest absolute Gasteiger partial charge is 0.364 e. The van der Waals surface area contributed by atoms with Gasteiger partial charge in [0.1, 0.15) is 12.1 Å². The van der Waals surface area contributed by atoms with Crippen molar-refractivity contribution in [2.24, 2.45) is 0 Å². The minimum atomic E-state index is 0.661. The van der Waals surface area contributed by atoms with Crippen LogP contribution in [0.4, 0.5) is 5.82 Å². The maximum atomic E-state index is 4.57. The van der Waals surface area contributed by atoms with Gasteiger partial charge in [-0.05, 0) is 31.4 Å². The zero-order valence-corrected chi connectivity index (χ0v) is 11.0. The molecule has 0 spiro atoms. The summed E-state index contributed by atoms with van der Waals surface area (Å²) in [7, 11) is 0. The van der Waals surface area contributed by atoms with Crippen LogP contribution in [0.2, 0.25) is 0 Å². The highest BCUT2D eigenvalue weighted by Crippen LogP contribution is 2.27. The van der Waals surface area contributed by atoms with Gasteiger partial charge in [-0.1, -0.05) is 6.07 Å². The van der Waals surface area contributed by atoms with Crippen LogP contribution in [0.3, 0.4) is 0 Å². The summed E-state index contributed by atoms with van der Waals surface area (Å²) in [4.78, 5) is 13.1. The number of rotatable bonds is 3. The Morgan fingerprint density at radius 3 is 3.10 bits per heavy atom. The minimum absolute atomic E-state index is 0.661. The molecule has 0 aromatic carbocycles. The maximum absolute atomic E-state index is 4.57. The van der Waals surface area contributed by atoms with Gasteiger partial charge in [0.15, 0.2) is 0 Å². The molecule has 1 aliphatic rings. The molecule has 0 saturated heterocycles. The highest BCUT2D eigenvalue weighted by molar-refractivity contribution is 5.54. The van der Waals surface area contributed by atoms with E-state index in [1.54, 1.807) is 17.0 Å². The fourth-order valence-electron chi connectivity index (χ4n) is 2.68. The molecular weight excluding hydrogens is 252 g/mol. The lowest BCUT2D eigenvalue weighted by atomic mass is 10.2. The Hall–Kier alpha value is -2.50. The summed E-state index contributed by atoms with van der Waals surface area (Å²) in [5, 5.41) is 7.72. The van der Waals surface area contributed by atoms with Gasteiger partial charge in [0, 0.05) is 11.8 Å². The van der Waals surface area contributed by atoms with Crippen molar-refractivity contribution >= 4 is 11.6 Å². The number of nitrogens with one attached hydrogen (secondary N) is 1. The van der Waals surface area contributed by atoms with Crippen molar-refractivity contribution in [2.45, 2.75) is 25.8 Å². The van der Waals surface area contributed by atoms with Crippen LogP contribution in [0, 0.1) is 0 Å². The molecule has 1 aliphatic carbocycles. The van der Waals surface area contributed by atoms with Crippen molar-refractivity contribution in [2.75, 3.05) is 5.32 Å². The topological polar surface area (TPSA) is 68.0 Å². The third kappa shape index (κ3) is 1.80. The standard InChI is InChI=1S/C14H14N6/c1-2-7-15-10(4-1)8-16-13-11-5-3-6-12(11)19-14-17-9-18-20(13)14/h1-2,4,7,9,16H,3,5-6,8H2. The van der Waals surface area contributed by atoms with Gasteiger partial charge in [-0.3, -0.25) is 4.98 Å². The zero-order valence-electron chi connectivity index (χ0n) is 11.0. The van der Waals surface area contributed by atoms with Gasteiger partial charge in [-0.25, -0.2) is 4.98 Å². The van der Waals surface area contributed by atoms with Gasteiger partial charge in [0.05, 0.1) is 17.9 Å². The predicted molar refractivity (Wildman–Crippen MR) is 74.4 cm³/mol. The van der Waals surface area contributed by atoms with Crippen molar-refractivity contribution in [3.63, 3.8) is 0 Å². The summed E-state index contributed by atoms with van der Waals surface area (Å²) in [6.45, 7) is 0.673. The molecule has 3 aromatic heterocycles. The normalized spacial score (nSPS) is 13.6. The molecule has 0 radical (unpaired) electrons. The first-order valence-corrected chi connectivity index (χ1v) is 6.77. The number of pyridine rings is 1. The van der Waals surface area contributed by atoms with Gasteiger partial charge >= 0.3 is 0 Å². The molecule has 0 fully saturated rings. The van der Waals surface area contributed by atoms with Crippen LogP contribution in [0.15, 0.2) is 30.7 Å². The number of hydrogen-bond donors (Lipinski definition) is 1.